The monoisotopic (exact) mass is 328 g/mol. The summed E-state index contributed by atoms with van der Waals surface area (Å²) in [7, 11) is 0. The highest BCUT2D eigenvalue weighted by molar-refractivity contribution is 8.01. The molecule has 2 heterocycles. The number of piperidine rings is 1. The average molecular weight is 329 g/mol. The van der Waals surface area contributed by atoms with Crippen LogP contribution in [-0.4, -0.2) is 45.4 Å². The predicted molar refractivity (Wildman–Crippen MR) is 89.0 cm³/mol. The Bertz CT molecular complexity index is 484. The lowest BCUT2D eigenvalue weighted by Gasteiger charge is -2.30. The van der Waals surface area contributed by atoms with Crippen molar-refractivity contribution in [1.29, 1.82) is 0 Å². The zero-order valence-corrected chi connectivity index (χ0v) is 14.8. The van der Waals surface area contributed by atoms with E-state index >= 15 is 0 Å². The minimum Gasteiger partial charge on any atom is -0.355 e. The van der Waals surface area contributed by atoms with Gasteiger partial charge in [-0.25, -0.2) is 0 Å². The number of nitrogens with zero attached hydrogens (tertiary/aromatic N) is 3. The zero-order chi connectivity index (χ0) is 15.5. The molecule has 1 N–H and O–H groups in total. The number of likely N-dealkylation sites (tertiary alicyclic amines) is 1. The standard InChI is InChI=1S/C14H24N4OS2/c1-10-6-5-7-18(8-10)11(19)9-20-13-17-16-12(21-13)15-14(2,3)4/h10H,5-9H2,1-4H3,(H,15,16). The van der Waals surface area contributed by atoms with Gasteiger partial charge >= 0.3 is 0 Å². The molecule has 7 heteroatoms. The maximum atomic E-state index is 12.2. The maximum absolute atomic E-state index is 12.2. The summed E-state index contributed by atoms with van der Waals surface area (Å²) in [6, 6.07) is 0. The van der Waals surface area contributed by atoms with E-state index in [0.717, 1.165) is 29.0 Å². The first kappa shape index (κ1) is 16.5. The molecule has 0 radical (unpaired) electrons. The maximum Gasteiger partial charge on any atom is 0.233 e. The van der Waals surface area contributed by atoms with Gasteiger partial charge in [-0.05, 0) is 39.5 Å². The number of anilines is 1. The molecule has 1 aliphatic rings. The van der Waals surface area contributed by atoms with Crippen LogP contribution in [0.4, 0.5) is 5.13 Å². The van der Waals surface area contributed by atoms with Gasteiger partial charge in [-0.15, -0.1) is 10.2 Å². The largest absolute Gasteiger partial charge is 0.355 e. The summed E-state index contributed by atoms with van der Waals surface area (Å²) in [4.78, 5) is 14.2. The summed E-state index contributed by atoms with van der Waals surface area (Å²) in [6.07, 6.45) is 2.35. The molecule has 0 aromatic carbocycles. The third kappa shape index (κ3) is 5.47. The summed E-state index contributed by atoms with van der Waals surface area (Å²) < 4.78 is 0.847. The minimum atomic E-state index is -0.0266. The zero-order valence-electron chi connectivity index (χ0n) is 13.2. The lowest BCUT2D eigenvalue weighted by molar-refractivity contribution is -0.130. The molecule has 2 rings (SSSR count). The molecule has 1 aromatic heterocycles. The number of aromatic nitrogens is 2. The Morgan fingerprint density at radius 3 is 2.90 bits per heavy atom. The van der Waals surface area contributed by atoms with Crippen molar-refractivity contribution in [2.45, 2.75) is 50.4 Å². The van der Waals surface area contributed by atoms with Crippen molar-refractivity contribution in [2.75, 3.05) is 24.2 Å². The van der Waals surface area contributed by atoms with Crippen LogP contribution in [0.25, 0.3) is 0 Å². The van der Waals surface area contributed by atoms with Crippen LogP contribution in [-0.2, 0) is 4.79 Å². The van der Waals surface area contributed by atoms with E-state index in [9.17, 15) is 4.79 Å². The highest BCUT2D eigenvalue weighted by Gasteiger charge is 2.21. The van der Waals surface area contributed by atoms with Crippen LogP contribution in [0.1, 0.15) is 40.5 Å². The van der Waals surface area contributed by atoms with Crippen molar-refractivity contribution < 1.29 is 4.79 Å². The summed E-state index contributed by atoms with van der Waals surface area (Å²) in [5.41, 5.74) is -0.0266. The topological polar surface area (TPSA) is 58.1 Å². The molecular weight excluding hydrogens is 304 g/mol. The number of thioether (sulfide) groups is 1. The van der Waals surface area contributed by atoms with Crippen LogP contribution >= 0.6 is 23.1 Å². The highest BCUT2D eigenvalue weighted by Crippen LogP contribution is 2.27. The molecule has 1 unspecified atom stereocenters. The van der Waals surface area contributed by atoms with E-state index in [1.54, 1.807) is 0 Å². The van der Waals surface area contributed by atoms with Gasteiger partial charge in [0.25, 0.3) is 0 Å². The van der Waals surface area contributed by atoms with Gasteiger partial charge < -0.3 is 10.2 Å². The van der Waals surface area contributed by atoms with Crippen LogP contribution in [0.15, 0.2) is 4.34 Å². The number of carbonyl (C=O) groups is 1. The van der Waals surface area contributed by atoms with E-state index in [1.807, 2.05) is 4.90 Å². The van der Waals surface area contributed by atoms with Crippen LogP contribution in [0.5, 0.6) is 0 Å². The molecule has 0 aliphatic carbocycles. The summed E-state index contributed by atoms with van der Waals surface area (Å²) in [5, 5.41) is 12.4. The fourth-order valence-electron chi connectivity index (χ4n) is 2.27. The normalized spacial score (nSPS) is 19.6. The van der Waals surface area contributed by atoms with Crippen molar-refractivity contribution in [2.24, 2.45) is 5.92 Å². The molecule has 0 saturated carbocycles. The molecule has 1 saturated heterocycles. The molecule has 118 valence electrons. The molecule has 0 spiro atoms. The Balaban J connectivity index is 1.81. The van der Waals surface area contributed by atoms with Gasteiger partial charge in [0.1, 0.15) is 0 Å². The number of rotatable bonds is 4. The van der Waals surface area contributed by atoms with Gasteiger partial charge in [0.05, 0.1) is 5.75 Å². The third-order valence-electron chi connectivity index (χ3n) is 3.22. The molecule has 1 fully saturated rings. The molecule has 5 nitrogen and oxygen atoms in total. The first-order chi connectivity index (χ1) is 9.83. The van der Waals surface area contributed by atoms with Crippen LogP contribution in [0.2, 0.25) is 0 Å². The highest BCUT2D eigenvalue weighted by atomic mass is 32.2. The van der Waals surface area contributed by atoms with E-state index in [4.69, 9.17) is 0 Å². The second kappa shape index (κ2) is 6.96. The Hall–Kier alpha value is -0.820. The molecule has 1 aliphatic heterocycles. The van der Waals surface area contributed by atoms with Gasteiger partial charge in [-0.2, -0.15) is 0 Å². The molecule has 1 atom stereocenters. The van der Waals surface area contributed by atoms with E-state index in [1.165, 1.54) is 29.5 Å². The second-order valence-corrected chi connectivity index (χ2v) is 8.82. The first-order valence-corrected chi connectivity index (χ1v) is 9.16. The number of amides is 1. The van der Waals surface area contributed by atoms with Crippen LogP contribution in [0, 0.1) is 5.92 Å². The van der Waals surface area contributed by atoms with Gasteiger partial charge in [0.2, 0.25) is 11.0 Å². The first-order valence-electron chi connectivity index (χ1n) is 7.36. The van der Waals surface area contributed by atoms with Gasteiger partial charge in [-0.3, -0.25) is 4.79 Å². The molecule has 1 aromatic rings. The Kier molecular flexibility index (Phi) is 5.48. The SMILES string of the molecule is CC1CCCN(C(=O)CSc2nnc(NC(C)(C)C)s2)C1. The quantitative estimate of drug-likeness (QED) is 0.861. The number of hydrogen-bond donors (Lipinski definition) is 1. The van der Waals surface area contributed by atoms with Crippen molar-refractivity contribution in [3.05, 3.63) is 0 Å². The fourth-order valence-corrected chi connectivity index (χ4v) is 4.13. The lowest BCUT2D eigenvalue weighted by Crippen LogP contribution is -2.40. The predicted octanol–water partition coefficient (Wildman–Crippen LogP) is 3.10. The molecule has 0 bridgehead atoms. The van der Waals surface area contributed by atoms with Crippen molar-refractivity contribution in [1.82, 2.24) is 15.1 Å². The van der Waals surface area contributed by atoms with Crippen molar-refractivity contribution in [3.63, 3.8) is 0 Å². The van der Waals surface area contributed by atoms with Crippen molar-refractivity contribution in [3.8, 4) is 0 Å². The average Bonchev–Trinajstić information content (AvgIpc) is 2.81. The van der Waals surface area contributed by atoms with Gasteiger partial charge in [0.15, 0.2) is 4.34 Å². The number of hydrogen-bond acceptors (Lipinski definition) is 6. The smallest absolute Gasteiger partial charge is 0.233 e. The van der Waals surface area contributed by atoms with Crippen molar-refractivity contribution >= 4 is 34.1 Å². The second-order valence-electron chi connectivity index (χ2n) is 6.62. The van der Waals surface area contributed by atoms with E-state index in [0.29, 0.717) is 11.7 Å². The number of nitrogens with one attached hydrogen (secondary N) is 1. The van der Waals surface area contributed by atoms with E-state index < -0.39 is 0 Å². The minimum absolute atomic E-state index is 0.0266. The summed E-state index contributed by atoms with van der Waals surface area (Å²) in [6.45, 7) is 10.3. The van der Waals surface area contributed by atoms with Gasteiger partial charge in [0, 0.05) is 18.6 Å². The van der Waals surface area contributed by atoms with Gasteiger partial charge in [-0.1, -0.05) is 30.0 Å². The van der Waals surface area contributed by atoms with E-state index in [-0.39, 0.29) is 11.4 Å². The van der Waals surface area contributed by atoms with E-state index in [2.05, 4.69) is 43.2 Å². The number of carbonyl (C=O) groups excluding carboxylic acids is 1. The Morgan fingerprint density at radius 2 is 2.24 bits per heavy atom. The molecule has 1 amide bonds. The van der Waals surface area contributed by atoms with Crippen LogP contribution < -0.4 is 5.32 Å². The fraction of sp³-hybridized carbons (Fsp3) is 0.786. The third-order valence-corrected chi connectivity index (χ3v) is 5.17. The van der Waals surface area contributed by atoms with Crippen LogP contribution in [0.3, 0.4) is 0 Å². The summed E-state index contributed by atoms with van der Waals surface area (Å²) >= 11 is 2.99. The molecule has 21 heavy (non-hydrogen) atoms. The molecular formula is C14H24N4OS2. The Morgan fingerprint density at radius 1 is 1.48 bits per heavy atom. The lowest BCUT2D eigenvalue weighted by atomic mass is 10.0. The Labute approximate surface area is 134 Å². The summed E-state index contributed by atoms with van der Waals surface area (Å²) in [5.74, 6) is 1.29.